The van der Waals surface area contributed by atoms with E-state index in [0.29, 0.717) is 17.8 Å². The van der Waals surface area contributed by atoms with Crippen molar-refractivity contribution in [3.05, 3.63) is 11.7 Å². The lowest BCUT2D eigenvalue weighted by molar-refractivity contribution is 0.158. The molecule has 0 spiro atoms. The van der Waals surface area contributed by atoms with Gasteiger partial charge in [-0.2, -0.15) is 4.98 Å². The van der Waals surface area contributed by atoms with Crippen LogP contribution in [0.15, 0.2) is 4.52 Å². The van der Waals surface area contributed by atoms with Crippen LogP contribution in [-0.2, 0) is 12.1 Å². The number of nitrogens with two attached hydrogens (primary N) is 1. The molecule has 3 rings (SSSR count). The smallest absolute Gasteiger partial charge is 0.240 e. The van der Waals surface area contributed by atoms with E-state index in [4.69, 9.17) is 10.3 Å². The van der Waals surface area contributed by atoms with Crippen LogP contribution >= 0.6 is 0 Å². The molecule has 6 nitrogen and oxygen atoms in total. The zero-order chi connectivity index (χ0) is 14.9. The Morgan fingerprint density at radius 3 is 2.67 bits per heavy atom. The zero-order valence-corrected chi connectivity index (χ0v) is 13.2. The third-order valence-corrected chi connectivity index (χ3v) is 4.56. The van der Waals surface area contributed by atoms with E-state index in [9.17, 15) is 0 Å². The second-order valence-electron chi connectivity index (χ2n) is 7.01. The Kier molecular flexibility index (Phi) is 4.28. The maximum absolute atomic E-state index is 5.99. The number of hydrogen-bond acceptors (Lipinski definition) is 6. The Morgan fingerprint density at radius 2 is 2.00 bits per heavy atom. The fourth-order valence-electron chi connectivity index (χ4n) is 3.31. The molecular formula is C15H27N5O. The molecule has 1 aromatic heterocycles. The summed E-state index contributed by atoms with van der Waals surface area (Å²) in [6.45, 7) is 9.30. The largest absolute Gasteiger partial charge is 0.338 e. The van der Waals surface area contributed by atoms with Gasteiger partial charge in [0.15, 0.2) is 5.82 Å². The van der Waals surface area contributed by atoms with Crippen LogP contribution in [0.3, 0.4) is 0 Å². The van der Waals surface area contributed by atoms with Crippen LogP contribution in [0, 0.1) is 0 Å². The Morgan fingerprint density at radius 1 is 1.24 bits per heavy atom. The van der Waals surface area contributed by atoms with Crippen molar-refractivity contribution in [2.75, 3.05) is 26.2 Å². The van der Waals surface area contributed by atoms with Crippen LogP contribution in [-0.4, -0.2) is 52.2 Å². The highest BCUT2D eigenvalue weighted by atomic mass is 16.5. The Hall–Kier alpha value is -0.980. The van der Waals surface area contributed by atoms with Gasteiger partial charge < -0.3 is 10.3 Å². The zero-order valence-electron chi connectivity index (χ0n) is 13.2. The fourth-order valence-corrected chi connectivity index (χ4v) is 3.31. The minimum atomic E-state index is -0.539. The van der Waals surface area contributed by atoms with E-state index in [-0.39, 0.29) is 0 Å². The highest BCUT2D eigenvalue weighted by Gasteiger charge is 2.30. The van der Waals surface area contributed by atoms with Gasteiger partial charge in [-0.3, -0.25) is 9.80 Å². The molecule has 3 heterocycles. The van der Waals surface area contributed by atoms with Gasteiger partial charge in [0.2, 0.25) is 5.89 Å². The molecule has 0 saturated carbocycles. The molecule has 2 N–H and O–H groups in total. The summed E-state index contributed by atoms with van der Waals surface area (Å²) in [5.41, 5.74) is 5.45. The minimum absolute atomic E-state index is 0.539. The van der Waals surface area contributed by atoms with Crippen LogP contribution < -0.4 is 5.73 Å². The lowest BCUT2D eigenvalue weighted by Gasteiger charge is -2.32. The van der Waals surface area contributed by atoms with Gasteiger partial charge in [0.05, 0.1) is 12.1 Å². The molecule has 0 aliphatic carbocycles. The molecule has 118 valence electrons. The van der Waals surface area contributed by atoms with E-state index in [1.807, 2.05) is 13.8 Å². The first kappa shape index (κ1) is 14.9. The molecule has 1 aromatic rings. The molecule has 1 atom stereocenters. The molecule has 6 heteroatoms. The quantitative estimate of drug-likeness (QED) is 0.903. The Labute approximate surface area is 126 Å². The standard InChI is InChI=1S/C15H27N5O/c1-15(2,16)14-17-13(21-18-14)11-19-9-6-12(10-19)20-7-4-3-5-8-20/h12H,3-11,16H2,1-2H3. The average Bonchev–Trinajstić information content (AvgIpc) is 3.09. The normalized spacial score (nSPS) is 25.6. The average molecular weight is 293 g/mol. The molecular weight excluding hydrogens is 266 g/mol. The van der Waals surface area contributed by atoms with E-state index < -0.39 is 5.54 Å². The molecule has 2 saturated heterocycles. The first-order valence-corrected chi connectivity index (χ1v) is 8.11. The molecule has 0 bridgehead atoms. The van der Waals surface area contributed by atoms with Crippen LogP contribution in [0.25, 0.3) is 0 Å². The van der Waals surface area contributed by atoms with Crippen molar-refractivity contribution in [2.24, 2.45) is 5.73 Å². The number of aromatic nitrogens is 2. The van der Waals surface area contributed by atoms with Gasteiger partial charge in [-0.1, -0.05) is 11.6 Å². The summed E-state index contributed by atoms with van der Waals surface area (Å²) in [6, 6.07) is 0.707. The van der Waals surface area contributed by atoms with Gasteiger partial charge in [0.1, 0.15) is 0 Å². The predicted molar refractivity (Wildman–Crippen MR) is 80.6 cm³/mol. The number of piperidine rings is 1. The van der Waals surface area contributed by atoms with Crippen molar-refractivity contribution in [3.8, 4) is 0 Å². The molecule has 1 unspecified atom stereocenters. The highest BCUT2D eigenvalue weighted by Crippen LogP contribution is 2.21. The van der Waals surface area contributed by atoms with Crippen LogP contribution in [0.4, 0.5) is 0 Å². The number of likely N-dealkylation sites (tertiary alicyclic amines) is 2. The SMILES string of the molecule is CC(C)(N)c1noc(CN2CCC(N3CCCCC3)C2)n1. The summed E-state index contributed by atoms with van der Waals surface area (Å²) in [7, 11) is 0. The van der Waals surface area contributed by atoms with Crippen molar-refractivity contribution in [2.45, 2.75) is 57.7 Å². The van der Waals surface area contributed by atoms with Gasteiger partial charge in [-0.25, -0.2) is 0 Å². The van der Waals surface area contributed by atoms with Crippen molar-refractivity contribution in [3.63, 3.8) is 0 Å². The van der Waals surface area contributed by atoms with Crippen LogP contribution in [0.5, 0.6) is 0 Å². The highest BCUT2D eigenvalue weighted by molar-refractivity contribution is 4.99. The van der Waals surface area contributed by atoms with E-state index in [1.165, 1.54) is 38.8 Å². The molecule has 2 fully saturated rings. The molecule has 2 aliphatic heterocycles. The predicted octanol–water partition coefficient (Wildman–Crippen LogP) is 1.32. The van der Waals surface area contributed by atoms with Crippen LogP contribution in [0.2, 0.25) is 0 Å². The number of nitrogens with zero attached hydrogens (tertiary/aromatic N) is 4. The van der Waals surface area contributed by atoms with Gasteiger partial charge in [-0.05, 0) is 46.2 Å². The van der Waals surface area contributed by atoms with Gasteiger partial charge in [0.25, 0.3) is 0 Å². The first-order valence-electron chi connectivity index (χ1n) is 8.11. The lowest BCUT2D eigenvalue weighted by atomic mass is 10.1. The summed E-state index contributed by atoms with van der Waals surface area (Å²) in [5, 5.41) is 3.99. The summed E-state index contributed by atoms with van der Waals surface area (Å²) >= 11 is 0. The van der Waals surface area contributed by atoms with Gasteiger partial charge in [-0.15, -0.1) is 0 Å². The summed E-state index contributed by atoms with van der Waals surface area (Å²) < 4.78 is 5.34. The monoisotopic (exact) mass is 293 g/mol. The van der Waals surface area contributed by atoms with E-state index in [0.717, 1.165) is 19.6 Å². The summed E-state index contributed by atoms with van der Waals surface area (Å²) in [5.74, 6) is 1.27. The maximum atomic E-state index is 5.99. The second-order valence-corrected chi connectivity index (χ2v) is 7.01. The third-order valence-electron chi connectivity index (χ3n) is 4.56. The Bertz CT molecular complexity index is 461. The first-order chi connectivity index (χ1) is 10.0. The third kappa shape index (κ3) is 3.62. The number of rotatable bonds is 4. The summed E-state index contributed by atoms with van der Waals surface area (Å²) in [4.78, 5) is 9.50. The number of hydrogen-bond donors (Lipinski definition) is 1. The Balaban J connectivity index is 1.53. The molecule has 0 amide bonds. The molecule has 0 radical (unpaired) electrons. The van der Waals surface area contributed by atoms with Crippen molar-refractivity contribution in [1.82, 2.24) is 19.9 Å². The topological polar surface area (TPSA) is 71.4 Å². The fraction of sp³-hybridized carbons (Fsp3) is 0.867. The maximum Gasteiger partial charge on any atom is 0.240 e. The second kappa shape index (κ2) is 6.02. The van der Waals surface area contributed by atoms with Crippen molar-refractivity contribution in [1.29, 1.82) is 0 Å². The van der Waals surface area contributed by atoms with Crippen molar-refractivity contribution < 1.29 is 4.52 Å². The van der Waals surface area contributed by atoms with Gasteiger partial charge in [0, 0.05) is 19.1 Å². The molecule has 21 heavy (non-hydrogen) atoms. The molecule has 2 aliphatic rings. The van der Waals surface area contributed by atoms with E-state index >= 15 is 0 Å². The van der Waals surface area contributed by atoms with E-state index in [2.05, 4.69) is 19.9 Å². The van der Waals surface area contributed by atoms with Crippen LogP contribution in [0.1, 0.15) is 51.2 Å². The lowest BCUT2D eigenvalue weighted by Crippen LogP contribution is -2.40. The van der Waals surface area contributed by atoms with Crippen molar-refractivity contribution >= 4 is 0 Å². The van der Waals surface area contributed by atoms with E-state index in [1.54, 1.807) is 0 Å². The summed E-state index contributed by atoms with van der Waals surface area (Å²) in [6.07, 6.45) is 5.36. The minimum Gasteiger partial charge on any atom is -0.338 e. The molecule has 0 aromatic carbocycles. The van der Waals surface area contributed by atoms with Gasteiger partial charge >= 0.3 is 0 Å².